The standard InChI is InChI=1S/C17H16N6O3/c18-14(24)13-11-7-6-10(8-12(11)22-15(13)23-16(19)25)21-17(26)20-9-4-2-1-3-5-9/h1-8,22H,(H2,18,24)(H3,19,23,25)(H2,20,21,26). The first-order chi connectivity index (χ1) is 12.4. The van der Waals surface area contributed by atoms with Crippen molar-refractivity contribution in [1.82, 2.24) is 4.98 Å². The third kappa shape index (κ3) is 3.56. The van der Waals surface area contributed by atoms with E-state index in [-0.39, 0.29) is 11.4 Å². The number of primary amides is 2. The number of nitrogens with one attached hydrogen (secondary N) is 4. The molecule has 0 aliphatic rings. The summed E-state index contributed by atoms with van der Waals surface area (Å²) in [5.74, 6) is -0.617. The highest BCUT2D eigenvalue weighted by molar-refractivity contribution is 6.13. The summed E-state index contributed by atoms with van der Waals surface area (Å²) in [6.07, 6.45) is 0. The van der Waals surface area contributed by atoms with Crippen LogP contribution in [0.3, 0.4) is 0 Å². The lowest BCUT2D eigenvalue weighted by molar-refractivity contribution is 0.100. The van der Waals surface area contributed by atoms with Crippen LogP contribution in [-0.2, 0) is 0 Å². The fourth-order valence-electron chi connectivity index (χ4n) is 2.56. The fourth-order valence-corrected chi connectivity index (χ4v) is 2.56. The fraction of sp³-hybridized carbons (Fsp3) is 0. The molecule has 9 nitrogen and oxygen atoms in total. The zero-order valence-corrected chi connectivity index (χ0v) is 13.5. The number of carbonyl (C=O) groups excluding carboxylic acids is 3. The number of fused-ring (bicyclic) bond motifs is 1. The molecule has 0 aliphatic heterocycles. The van der Waals surface area contributed by atoms with Gasteiger partial charge in [0.1, 0.15) is 5.82 Å². The molecular weight excluding hydrogens is 336 g/mol. The highest BCUT2D eigenvalue weighted by Crippen LogP contribution is 2.28. The predicted molar refractivity (Wildman–Crippen MR) is 99.1 cm³/mol. The second-order valence-corrected chi connectivity index (χ2v) is 5.43. The molecular formula is C17H16N6O3. The van der Waals surface area contributed by atoms with Crippen LogP contribution in [0.25, 0.3) is 10.9 Å². The Morgan fingerprint density at radius 3 is 2.19 bits per heavy atom. The van der Waals surface area contributed by atoms with Crippen LogP contribution in [0.5, 0.6) is 0 Å². The normalized spacial score (nSPS) is 10.3. The van der Waals surface area contributed by atoms with E-state index in [0.717, 1.165) is 0 Å². The molecule has 0 saturated carbocycles. The Labute approximate surface area is 147 Å². The Morgan fingerprint density at radius 1 is 0.846 bits per heavy atom. The Bertz CT molecular complexity index is 996. The minimum Gasteiger partial charge on any atom is -0.365 e. The van der Waals surface area contributed by atoms with Crippen LogP contribution in [0.4, 0.5) is 26.8 Å². The first-order valence-corrected chi connectivity index (χ1v) is 7.59. The number of nitrogens with two attached hydrogens (primary N) is 2. The molecule has 5 amide bonds. The van der Waals surface area contributed by atoms with Gasteiger partial charge in [-0.1, -0.05) is 18.2 Å². The number of anilines is 3. The Hall–Kier alpha value is -4.01. The number of para-hydroxylation sites is 1. The predicted octanol–water partition coefficient (Wildman–Crippen LogP) is 2.40. The van der Waals surface area contributed by atoms with Crippen LogP contribution in [0.1, 0.15) is 10.4 Å². The van der Waals surface area contributed by atoms with E-state index in [0.29, 0.717) is 22.3 Å². The molecule has 9 heteroatoms. The smallest absolute Gasteiger partial charge is 0.323 e. The van der Waals surface area contributed by atoms with Gasteiger partial charge in [0.15, 0.2) is 0 Å². The summed E-state index contributed by atoms with van der Waals surface area (Å²) >= 11 is 0. The second-order valence-electron chi connectivity index (χ2n) is 5.43. The van der Waals surface area contributed by atoms with E-state index in [1.807, 2.05) is 6.07 Å². The van der Waals surface area contributed by atoms with Crippen molar-refractivity contribution in [2.75, 3.05) is 16.0 Å². The Kier molecular flexibility index (Phi) is 4.44. The summed E-state index contributed by atoms with van der Waals surface area (Å²) in [7, 11) is 0. The number of aromatic nitrogens is 1. The van der Waals surface area contributed by atoms with Crippen molar-refractivity contribution >= 4 is 46.1 Å². The molecule has 3 rings (SSSR count). The number of H-pyrrole nitrogens is 1. The van der Waals surface area contributed by atoms with E-state index >= 15 is 0 Å². The molecule has 1 heterocycles. The van der Waals surface area contributed by atoms with E-state index in [1.165, 1.54) is 0 Å². The van der Waals surface area contributed by atoms with Crippen LogP contribution in [0.15, 0.2) is 48.5 Å². The quantitative estimate of drug-likeness (QED) is 0.427. The molecule has 2 aromatic carbocycles. The van der Waals surface area contributed by atoms with Gasteiger partial charge >= 0.3 is 12.1 Å². The minimum atomic E-state index is -0.834. The maximum Gasteiger partial charge on any atom is 0.323 e. The molecule has 0 fully saturated rings. The SMILES string of the molecule is NC(=O)Nc1[nH]c2cc(NC(=O)Nc3ccccc3)ccc2c1C(N)=O. The minimum absolute atomic E-state index is 0.103. The molecule has 0 aliphatic carbocycles. The van der Waals surface area contributed by atoms with Gasteiger partial charge in [-0.2, -0.15) is 0 Å². The molecule has 3 aromatic rings. The molecule has 0 spiro atoms. The summed E-state index contributed by atoms with van der Waals surface area (Å²) < 4.78 is 0. The summed E-state index contributed by atoms with van der Waals surface area (Å²) in [6.45, 7) is 0. The van der Waals surface area contributed by atoms with E-state index in [1.54, 1.807) is 42.5 Å². The van der Waals surface area contributed by atoms with E-state index in [9.17, 15) is 14.4 Å². The molecule has 0 unspecified atom stereocenters. The van der Waals surface area contributed by atoms with Gasteiger partial charge in [-0.05, 0) is 30.3 Å². The first-order valence-electron chi connectivity index (χ1n) is 7.59. The molecule has 132 valence electrons. The summed E-state index contributed by atoms with van der Waals surface area (Å²) in [5.41, 5.74) is 12.2. The van der Waals surface area contributed by atoms with Gasteiger partial charge in [0.05, 0.1) is 5.56 Å². The number of hydrogen-bond donors (Lipinski definition) is 6. The topological polar surface area (TPSA) is 155 Å². The van der Waals surface area contributed by atoms with Crippen molar-refractivity contribution in [2.45, 2.75) is 0 Å². The number of carbonyl (C=O) groups is 3. The van der Waals surface area contributed by atoms with Crippen molar-refractivity contribution in [3.63, 3.8) is 0 Å². The summed E-state index contributed by atoms with van der Waals surface area (Å²) in [5, 5.41) is 8.19. The van der Waals surface area contributed by atoms with Crippen molar-refractivity contribution in [3.05, 3.63) is 54.1 Å². The van der Waals surface area contributed by atoms with Gasteiger partial charge in [0.2, 0.25) is 0 Å². The summed E-state index contributed by atoms with van der Waals surface area (Å²) in [6, 6.07) is 12.5. The molecule has 8 N–H and O–H groups in total. The van der Waals surface area contributed by atoms with Crippen LogP contribution >= 0.6 is 0 Å². The maximum atomic E-state index is 12.1. The Balaban J connectivity index is 1.86. The number of amides is 5. The van der Waals surface area contributed by atoms with Crippen molar-refractivity contribution < 1.29 is 14.4 Å². The largest absolute Gasteiger partial charge is 0.365 e. The van der Waals surface area contributed by atoms with Gasteiger partial charge in [-0.25, -0.2) is 9.59 Å². The van der Waals surface area contributed by atoms with Crippen molar-refractivity contribution in [3.8, 4) is 0 Å². The molecule has 26 heavy (non-hydrogen) atoms. The van der Waals surface area contributed by atoms with Crippen LogP contribution < -0.4 is 27.4 Å². The van der Waals surface area contributed by atoms with Crippen molar-refractivity contribution in [2.24, 2.45) is 11.5 Å². The van der Waals surface area contributed by atoms with Gasteiger partial charge in [0, 0.05) is 22.3 Å². The monoisotopic (exact) mass is 352 g/mol. The lowest BCUT2D eigenvalue weighted by Gasteiger charge is -2.07. The average molecular weight is 352 g/mol. The molecule has 0 saturated heterocycles. The third-order valence-corrected chi connectivity index (χ3v) is 3.58. The maximum absolute atomic E-state index is 12.1. The number of rotatable bonds is 4. The van der Waals surface area contributed by atoms with Gasteiger partial charge in [-0.15, -0.1) is 0 Å². The molecule has 1 aromatic heterocycles. The molecule has 0 bridgehead atoms. The van der Waals surface area contributed by atoms with Gasteiger partial charge in [-0.3, -0.25) is 10.1 Å². The number of urea groups is 2. The molecule has 0 radical (unpaired) electrons. The highest BCUT2D eigenvalue weighted by atomic mass is 16.2. The van der Waals surface area contributed by atoms with Crippen LogP contribution in [-0.4, -0.2) is 23.0 Å². The zero-order chi connectivity index (χ0) is 18.7. The lowest BCUT2D eigenvalue weighted by atomic mass is 10.1. The number of aromatic amines is 1. The van der Waals surface area contributed by atoms with E-state index in [2.05, 4.69) is 20.9 Å². The number of benzene rings is 2. The van der Waals surface area contributed by atoms with Crippen LogP contribution in [0, 0.1) is 0 Å². The van der Waals surface area contributed by atoms with Gasteiger partial charge < -0.3 is 27.1 Å². The van der Waals surface area contributed by atoms with E-state index in [4.69, 9.17) is 11.5 Å². The van der Waals surface area contributed by atoms with Crippen molar-refractivity contribution in [1.29, 1.82) is 0 Å². The van der Waals surface area contributed by atoms with Crippen LogP contribution in [0.2, 0.25) is 0 Å². The van der Waals surface area contributed by atoms with Gasteiger partial charge in [0.25, 0.3) is 5.91 Å². The molecule has 0 atom stereocenters. The highest BCUT2D eigenvalue weighted by Gasteiger charge is 2.17. The van der Waals surface area contributed by atoms with E-state index < -0.39 is 18.0 Å². The summed E-state index contributed by atoms with van der Waals surface area (Å²) in [4.78, 5) is 37.7. The number of hydrogen-bond acceptors (Lipinski definition) is 3. The third-order valence-electron chi connectivity index (χ3n) is 3.58. The second kappa shape index (κ2) is 6.85. The average Bonchev–Trinajstić information content (AvgIpc) is 2.92. The lowest BCUT2D eigenvalue weighted by Crippen LogP contribution is -2.22. The Morgan fingerprint density at radius 2 is 1.54 bits per heavy atom. The first kappa shape index (κ1) is 16.8. The zero-order valence-electron chi connectivity index (χ0n) is 13.5.